The summed E-state index contributed by atoms with van der Waals surface area (Å²) in [6.45, 7) is 7.68. The van der Waals surface area contributed by atoms with Gasteiger partial charge in [0, 0.05) is 13.1 Å². The van der Waals surface area contributed by atoms with Gasteiger partial charge in [-0.2, -0.15) is 0 Å². The molecule has 1 aliphatic rings. The molecule has 100 valence electrons. The number of hydrogen-bond acceptors (Lipinski definition) is 1. The molecule has 1 fully saturated rings. The number of nitrogens with zero attached hydrogens (tertiary/aromatic N) is 1. The van der Waals surface area contributed by atoms with E-state index >= 15 is 0 Å². The van der Waals surface area contributed by atoms with Crippen molar-refractivity contribution in [2.45, 2.75) is 39.7 Å². The highest BCUT2D eigenvalue weighted by Gasteiger charge is 2.34. The van der Waals surface area contributed by atoms with Crippen molar-refractivity contribution in [2.24, 2.45) is 5.41 Å². The lowest BCUT2D eigenvalue weighted by Gasteiger charge is -2.26. The molecule has 1 aliphatic heterocycles. The molecular weight excluding hydrogens is 293 g/mol. The molecular formula is C15H21BrFN. The second kappa shape index (κ2) is 5.70. The Morgan fingerprint density at radius 2 is 2.06 bits per heavy atom. The molecule has 1 nitrogen and oxygen atoms in total. The largest absolute Gasteiger partial charge is 0.298 e. The summed E-state index contributed by atoms with van der Waals surface area (Å²) in [4.78, 5) is 2.45. The van der Waals surface area contributed by atoms with Gasteiger partial charge in [-0.25, -0.2) is 4.39 Å². The van der Waals surface area contributed by atoms with E-state index in [1.807, 2.05) is 6.07 Å². The van der Waals surface area contributed by atoms with Crippen LogP contribution >= 0.6 is 15.9 Å². The molecule has 18 heavy (non-hydrogen) atoms. The van der Waals surface area contributed by atoms with Crippen LogP contribution in [0.3, 0.4) is 0 Å². The Balaban J connectivity index is 2.06. The molecule has 1 saturated heterocycles. The minimum atomic E-state index is -0.163. The zero-order valence-electron chi connectivity index (χ0n) is 11.2. The quantitative estimate of drug-likeness (QED) is 0.785. The van der Waals surface area contributed by atoms with Crippen LogP contribution in [0.5, 0.6) is 0 Å². The normalized spacial score (nSPS) is 19.3. The van der Waals surface area contributed by atoms with E-state index in [-0.39, 0.29) is 5.82 Å². The van der Waals surface area contributed by atoms with Gasteiger partial charge in [-0.3, -0.25) is 4.90 Å². The van der Waals surface area contributed by atoms with Crippen molar-refractivity contribution in [2.75, 3.05) is 13.1 Å². The maximum Gasteiger partial charge on any atom is 0.137 e. The molecule has 1 aromatic rings. The molecule has 0 spiro atoms. The maximum atomic E-state index is 13.5. The standard InChI is InChI=1S/C15H21BrFN/c1-3-15(4-2)8-9-18(11-15)10-12-6-5-7-13(17)14(12)16/h5-7H,3-4,8-11H2,1-2H3. The van der Waals surface area contributed by atoms with Crippen LogP contribution in [0.15, 0.2) is 22.7 Å². The van der Waals surface area contributed by atoms with E-state index in [1.54, 1.807) is 6.07 Å². The van der Waals surface area contributed by atoms with E-state index in [0.29, 0.717) is 9.89 Å². The summed E-state index contributed by atoms with van der Waals surface area (Å²) in [7, 11) is 0. The second-order valence-electron chi connectivity index (χ2n) is 5.38. The SMILES string of the molecule is CCC1(CC)CCN(Cc2cccc(F)c2Br)C1. The highest BCUT2D eigenvalue weighted by molar-refractivity contribution is 9.10. The summed E-state index contributed by atoms with van der Waals surface area (Å²) in [5.74, 6) is -0.163. The van der Waals surface area contributed by atoms with Crippen LogP contribution in [0.2, 0.25) is 0 Å². The zero-order valence-corrected chi connectivity index (χ0v) is 12.8. The van der Waals surface area contributed by atoms with Crippen molar-refractivity contribution in [1.29, 1.82) is 0 Å². The molecule has 1 heterocycles. The van der Waals surface area contributed by atoms with E-state index in [1.165, 1.54) is 25.3 Å². The lowest BCUT2D eigenvalue weighted by atomic mass is 9.82. The minimum Gasteiger partial charge on any atom is -0.298 e. The highest BCUT2D eigenvalue weighted by Crippen LogP contribution is 2.38. The van der Waals surface area contributed by atoms with Gasteiger partial charge in [0.2, 0.25) is 0 Å². The van der Waals surface area contributed by atoms with Crippen LogP contribution in [0.4, 0.5) is 4.39 Å². The molecule has 0 aromatic heterocycles. The van der Waals surface area contributed by atoms with E-state index < -0.39 is 0 Å². The molecule has 3 heteroatoms. The first-order valence-corrected chi connectivity index (χ1v) is 7.55. The topological polar surface area (TPSA) is 3.24 Å². The van der Waals surface area contributed by atoms with Crippen LogP contribution < -0.4 is 0 Å². The Labute approximate surface area is 118 Å². The molecule has 2 rings (SSSR count). The summed E-state index contributed by atoms with van der Waals surface area (Å²) in [5, 5.41) is 0. The second-order valence-corrected chi connectivity index (χ2v) is 6.17. The van der Waals surface area contributed by atoms with Crippen molar-refractivity contribution >= 4 is 15.9 Å². The van der Waals surface area contributed by atoms with E-state index in [9.17, 15) is 4.39 Å². The van der Waals surface area contributed by atoms with Crippen LogP contribution in [-0.2, 0) is 6.54 Å². The Morgan fingerprint density at radius 3 is 2.67 bits per heavy atom. The third-order valence-electron chi connectivity index (χ3n) is 4.44. The van der Waals surface area contributed by atoms with Crippen LogP contribution in [0, 0.1) is 11.2 Å². The molecule has 0 atom stereocenters. The predicted molar refractivity (Wildman–Crippen MR) is 77.0 cm³/mol. The van der Waals surface area contributed by atoms with Gasteiger partial charge < -0.3 is 0 Å². The lowest BCUT2D eigenvalue weighted by Crippen LogP contribution is -2.26. The summed E-state index contributed by atoms with van der Waals surface area (Å²) < 4.78 is 14.1. The van der Waals surface area contributed by atoms with Crippen molar-refractivity contribution < 1.29 is 4.39 Å². The van der Waals surface area contributed by atoms with Crippen molar-refractivity contribution in [3.63, 3.8) is 0 Å². The van der Waals surface area contributed by atoms with Gasteiger partial charge in [-0.1, -0.05) is 26.0 Å². The molecule has 0 amide bonds. The highest BCUT2D eigenvalue weighted by atomic mass is 79.9. The average Bonchev–Trinajstić information content (AvgIpc) is 2.79. The van der Waals surface area contributed by atoms with Crippen molar-refractivity contribution in [1.82, 2.24) is 4.90 Å². The monoisotopic (exact) mass is 313 g/mol. The van der Waals surface area contributed by atoms with Gasteiger partial charge in [0.05, 0.1) is 4.47 Å². The Bertz CT molecular complexity index is 415. The van der Waals surface area contributed by atoms with Crippen LogP contribution in [0.1, 0.15) is 38.7 Å². The van der Waals surface area contributed by atoms with Gasteiger partial charge in [-0.05, 0) is 58.8 Å². The fourth-order valence-corrected chi connectivity index (χ4v) is 3.29. The van der Waals surface area contributed by atoms with Gasteiger partial charge >= 0.3 is 0 Å². The molecule has 0 saturated carbocycles. The first kappa shape index (κ1) is 14.0. The molecule has 0 N–H and O–H groups in total. The van der Waals surface area contributed by atoms with Crippen molar-refractivity contribution in [3.05, 3.63) is 34.1 Å². The van der Waals surface area contributed by atoms with E-state index in [4.69, 9.17) is 0 Å². The third kappa shape index (κ3) is 2.77. The first-order valence-electron chi connectivity index (χ1n) is 6.75. The third-order valence-corrected chi connectivity index (χ3v) is 5.33. The Kier molecular flexibility index (Phi) is 4.44. The predicted octanol–water partition coefficient (Wildman–Crippen LogP) is 4.60. The number of likely N-dealkylation sites (tertiary alicyclic amines) is 1. The zero-order chi connectivity index (χ0) is 13.2. The molecule has 0 bridgehead atoms. The number of hydrogen-bond donors (Lipinski definition) is 0. The maximum absolute atomic E-state index is 13.5. The summed E-state index contributed by atoms with van der Waals surface area (Å²) in [6, 6.07) is 5.30. The van der Waals surface area contributed by atoms with Gasteiger partial charge in [-0.15, -0.1) is 0 Å². The van der Waals surface area contributed by atoms with E-state index in [0.717, 1.165) is 25.2 Å². The minimum absolute atomic E-state index is 0.163. The van der Waals surface area contributed by atoms with Crippen molar-refractivity contribution in [3.8, 4) is 0 Å². The van der Waals surface area contributed by atoms with E-state index in [2.05, 4.69) is 34.7 Å². The Hall–Kier alpha value is -0.410. The summed E-state index contributed by atoms with van der Waals surface area (Å²) in [5.41, 5.74) is 1.54. The summed E-state index contributed by atoms with van der Waals surface area (Å²) >= 11 is 3.35. The first-order chi connectivity index (χ1) is 8.60. The molecule has 0 aliphatic carbocycles. The fourth-order valence-electron chi connectivity index (χ4n) is 2.90. The number of halogens is 2. The molecule has 1 aromatic carbocycles. The van der Waals surface area contributed by atoms with Crippen LogP contribution in [0.25, 0.3) is 0 Å². The Morgan fingerprint density at radius 1 is 1.33 bits per heavy atom. The molecule has 0 unspecified atom stereocenters. The number of benzene rings is 1. The van der Waals surface area contributed by atoms with Gasteiger partial charge in [0.1, 0.15) is 5.82 Å². The van der Waals surface area contributed by atoms with Gasteiger partial charge in [0.25, 0.3) is 0 Å². The fraction of sp³-hybridized carbons (Fsp3) is 0.600. The molecule has 0 radical (unpaired) electrons. The van der Waals surface area contributed by atoms with Gasteiger partial charge in [0.15, 0.2) is 0 Å². The van der Waals surface area contributed by atoms with Crippen LogP contribution in [-0.4, -0.2) is 18.0 Å². The summed E-state index contributed by atoms with van der Waals surface area (Å²) in [6.07, 6.45) is 3.75. The smallest absolute Gasteiger partial charge is 0.137 e. The number of rotatable bonds is 4. The lowest BCUT2D eigenvalue weighted by molar-refractivity contribution is 0.236. The average molecular weight is 314 g/mol.